The van der Waals surface area contributed by atoms with Crippen molar-refractivity contribution in [3.8, 4) is 11.5 Å². The molecule has 0 saturated heterocycles. The van der Waals surface area contributed by atoms with Crippen LogP contribution < -0.4 is 9.47 Å². The van der Waals surface area contributed by atoms with Gasteiger partial charge in [0.15, 0.2) is 11.5 Å². The molecule has 0 atom stereocenters. The lowest BCUT2D eigenvalue weighted by Gasteiger charge is -2.00. The summed E-state index contributed by atoms with van der Waals surface area (Å²) < 4.78 is 9.92. The molecule has 1 N–H and O–H groups in total. The standard InChI is InChI=1S/C8H5NO5/c10-8(11)4-1-6-7(14-3-13-6)2-5(4)9-12/h1-2H,3H2,(H,10,11). The van der Waals surface area contributed by atoms with E-state index in [4.69, 9.17) is 14.6 Å². The molecular formula is C8H5NO5. The fraction of sp³-hybridized carbons (Fsp3) is 0.125. The van der Waals surface area contributed by atoms with Crippen molar-refractivity contribution in [1.29, 1.82) is 0 Å². The van der Waals surface area contributed by atoms with Gasteiger partial charge in [0.2, 0.25) is 6.79 Å². The maximum Gasteiger partial charge on any atom is 0.338 e. The number of aromatic carboxylic acids is 1. The number of carbonyl (C=O) groups is 1. The van der Waals surface area contributed by atoms with Gasteiger partial charge in [0, 0.05) is 12.1 Å². The molecule has 1 aliphatic heterocycles. The summed E-state index contributed by atoms with van der Waals surface area (Å²) in [5.74, 6) is -0.572. The smallest absolute Gasteiger partial charge is 0.338 e. The normalized spacial score (nSPS) is 12.6. The summed E-state index contributed by atoms with van der Waals surface area (Å²) in [7, 11) is 0. The Hall–Kier alpha value is -2.11. The van der Waals surface area contributed by atoms with Crippen LogP contribution in [-0.2, 0) is 0 Å². The topological polar surface area (TPSA) is 85.2 Å². The first-order valence-electron chi connectivity index (χ1n) is 3.72. The number of nitroso groups, excluding NO2 is 1. The molecule has 6 nitrogen and oxygen atoms in total. The number of hydrogen-bond donors (Lipinski definition) is 1. The van der Waals surface area contributed by atoms with Gasteiger partial charge in [-0.3, -0.25) is 0 Å². The summed E-state index contributed by atoms with van der Waals surface area (Å²) in [4.78, 5) is 21.0. The molecule has 0 radical (unpaired) electrons. The lowest BCUT2D eigenvalue weighted by atomic mass is 10.1. The van der Waals surface area contributed by atoms with Crippen LogP contribution in [0.4, 0.5) is 5.69 Å². The van der Waals surface area contributed by atoms with Crippen LogP contribution >= 0.6 is 0 Å². The second-order valence-electron chi connectivity index (χ2n) is 2.62. The zero-order chi connectivity index (χ0) is 10.1. The molecular weight excluding hydrogens is 190 g/mol. The third kappa shape index (κ3) is 1.17. The molecule has 0 spiro atoms. The molecule has 1 aliphatic rings. The lowest BCUT2D eigenvalue weighted by Crippen LogP contribution is -1.96. The number of fused-ring (bicyclic) bond motifs is 1. The molecule has 2 rings (SSSR count). The lowest BCUT2D eigenvalue weighted by molar-refractivity contribution is 0.0697. The minimum atomic E-state index is -1.22. The quantitative estimate of drug-likeness (QED) is 0.723. The first kappa shape index (κ1) is 8.49. The van der Waals surface area contributed by atoms with E-state index >= 15 is 0 Å². The summed E-state index contributed by atoms with van der Waals surface area (Å²) in [5, 5.41) is 11.3. The van der Waals surface area contributed by atoms with Crippen LogP contribution in [0, 0.1) is 4.91 Å². The molecule has 6 heteroatoms. The predicted molar refractivity (Wildman–Crippen MR) is 45.0 cm³/mol. The first-order chi connectivity index (χ1) is 6.72. The van der Waals surface area contributed by atoms with E-state index in [1.165, 1.54) is 12.1 Å². The number of benzene rings is 1. The molecule has 0 aromatic heterocycles. The van der Waals surface area contributed by atoms with E-state index in [9.17, 15) is 9.70 Å². The highest BCUT2D eigenvalue weighted by atomic mass is 16.7. The Morgan fingerprint density at radius 3 is 2.57 bits per heavy atom. The monoisotopic (exact) mass is 195 g/mol. The molecule has 1 aromatic rings. The highest BCUT2D eigenvalue weighted by molar-refractivity contribution is 5.94. The third-order valence-electron chi connectivity index (χ3n) is 1.82. The van der Waals surface area contributed by atoms with Crippen LogP contribution in [0.1, 0.15) is 10.4 Å². The fourth-order valence-corrected chi connectivity index (χ4v) is 1.18. The molecule has 72 valence electrons. The highest BCUT2D eigenvalue weighted by Gasteiger charge is 2.20. The van der Waals surface area contributed by atoms with Gasteiger partial charge in [0.1, 0.15) is 5.69 Å². The number of hydrogen-bond acceptors (Lipinski definition) is 5. The van der Waals surface area contributed by atoms with E-state index in [0.717, 1.165) is 0 Å². The van der Waals surface area contributed by atoms with E-state index < -0.39 is 5.97 Å². The molecule has 1 heterocycles. The van der Waals surface area contributed by atoms with Crippen LogP contribution in [0.2, 0.25) is 0 Å². The SMILES string of the molecule is O=Nc1cc2c(cc1C(=O)O)OCO2. The fourth-order valence-electron chi connectivity index (χ4n) is 1.18. The maximum atomic E-state index is 10.7. The summed E-state index contributed by atoms with van der Waals surface area (Å²) in [6.45, 7) is 0.0245. The van der Waals surface area contributed by atoms with Gasteiger partial charge in [0.05, 0.1) is 5.56 Å². The Kier molecular flexibility index (Phi) is 1.81. The van der Waals surface area contributed by atoms with Crippen molar-refractivity contribution >= 4 is 11.7 Å². The minimum absolute atomic E-state index is 0.0245. The van der Waals surface area contributed by atoms with Crippen molar-refractivity contribution in [2.45, 2.75) is 0 Å². The van der Waals surface area contributed by atoms with Crippen molar-refractivity contribution in [2.24, 2.45) is 5.18 Å². The largest absolute Gasteiger partial charge is 0.478 e. The van der Waals surface area contributed by atoms with Crippen molar-refractivity contribution in [2.75, 3.05) is 6.79 Å². The van der Waals surface area contributed by atoms with Crippen molar-refractivity contribution < 1.29 is 19.4 Å². The van der Waals surface area contributed by atoms with Crippen molar-refractivity contribution in [3.63, 3.8) is 0 Å². The van der Waals surface area contributed by atoms with Crippen LogP contribution in [0.15, 0.2) is 17.3 Å². The van der Waals surface area contributed by atoms with Gasteiger partial charge in [-0.2, -0.15) is 0 Å². The Morgan fingerprint density at radius 1 is 1.36 bits per heavy atom. The Bertz CT molecular complexity index is 414. The van der Waals surface area contributed by atoms with E-state index in [1.54, 1.807) is 0 Å². The summed E-state index contributed by atoms with van der Waals surface area (Å²) >= 11 is 0. The first-order valence-corrected chi connectivity index (χ1v) is 3.72. The molecule has 0 bridgehead atoms. The van der Waals surface area contributed by atoms with E-state index in [0.29, 0.717) is 11.5 Å². The predicted octanol–water partition coefficient (Wildman–Crippen LogP) is 1.51. The van der Waals surface area contributed by atoms with Gasteiger partial charge >= 0.3 is 5.97 Å². The van der Waals surface area contributed by atoms with Crippen LogP contribution in [0.3, 0.4) is 0 Å². The summed E-state index contributed by atoms with van der Waals surface area (Å²) in [6.07, 6.45) is 0. The molecule has 0 aliphatic carbocycles. The summed E-state index contributed by atoms with van der Waals surface area (Å²) in [5.41, 5.74) is -0.356. The van der Waals surface area contributed by atoms with E-state index in [2.05, 4.69) is 5.18 Å². The Labute approximate surface area is 78.0 Å². The minimum Gasteiger partial charge on any atom is -0.478 e. The maximum absolute atomic E-state index is 10.7. The molecule has 14 heavy (non-hydrogen) atoms. The second kappa shape index (κ2) is 2.99. The van der Waals surface area contributed by atoms with Crippen LogP contribution in [0.25, 0.3) is 0 Å². The second-order valence-corrected chi connectivity index (χ2v) is 2.62. The van der Waals surface area contributed by atoms with Crippen LogP contribution in [-0.4, -0.2) is 17.9 Å². The molecule has 0 saturated carbocycles. The number of carboxylic acids is 1. The average molecular weight is 195 g/mol. The van der Waals surface area contributed by atoms with Gasteiger partial charge in [0.25, 0.3) is 0 Å². The van der Waals surface area contributed by atoms with Gasteiger partial charge < -0.3 is 14.6 Å². The van der Waals surface area contributed by atoms with Crippen molar-refractivity contribution in [3.05, 3.63) is 22.6 Å². The molecule has 0 unspecified atom stereocenters. The summed E-state index contributed by atoms with van der Waals surface area (Å²) in [6, 6.07) is 2.47. The number of ether oxygens (including phenoxy) is 2. The Morgan fingerprint density at radius 2 is 2.00 bits per heavy atom. The van der Waals surface area contributed by atoms with Gasteiger partial charge in [-0.25, -0.2) is 4.79 Å². The third-order valence-corrected chi connectivity index (χ3v) is 1.82. The number of rotatable bonds is 2. The van der Waals surface area contributed by atoms with Gasteiger partial charge in [-0.15, -0.1) is 4.91 Å². The highest BCUT2D eigenvalue weighted by Crippen LogP contribution is 2.37. The Balaban J connectivity index is 2.59. The zero-order valence-corrected chi connectivity index (χ0v) is 6.89. The van der Waals surface area contributed by atoms with Gasteiger partial charge in [-0.05, 0) is 5.18 Å². The van der Waals surface area contributed by atoms with Gasteiger partial charge in [-0.1, -0.05) is 0 Å². The molecule has 0 fully saturated rings. The zero-order valence-electron chi connectivity index (χ0n) is 6.89. The molecule has 0 amide bonds. The molecule has 1 aromatic carbocycles. The van der Waals surface area contributed by atoms with E-state index in [1.807, 2.05) is 0 Å². The number of carboxylic acid groups (broad SMARTS) is 1. The number of nitrogens with zero attached hydrogens (tertiary/aromatic N) is 1. The van der Waals surface area contributed by atoms with Crippen LogP contribution in [0.5, 0.6) is 11.5 Å². The van der Waals surface area contributed by atoms with Crippen molar-refractivity contribution in [1.82, 2.24) is 0 Å². The van der Waals surface area contributed by atoms with E-state index in [-0.39, 0.29) is 18.0 Å². The average Bonchev–Trinajstić information content (AvgIpc) is 2.62.